The van der Waals surface area contributed by atoms with Crippen LogP contribution in [-0.4, -0.2) is 29.6 Å². The van der Waals surface area contributed by atoms with E-state index in [2.05, 4.69) is 33.2 Å². The highest BCUT2D eigenvalue weighted by Crippen LogP contribution is 2.49. The van der Waals surface area contributed by atoms with Crippen molar-refractivity contribution in [3.63, 3.8) is 0 Å². The molecule has 2 aromatic rings. The maximum atomic E-state index is 13.0. The quantitative estimate of drug-likeness (QED) is 0.221. The summed E-state index contributed by atoms with van der Waals surface area (Å²) in [5, 5.41) is 6.41. The van der Waals surface area contributed by atoms with Crippen LogP contribution in [0, 0.1) is 23.7 Å². The monoisotopic (exact) mass is 576 g/mol. The molecule has 6 nitrogen and oxygen atoms in total. The number of benzene rings is 2. The second kappa shape index (κ2) is 9.96. The minimum atomic E-state index is -0.287. The number of nitrogens with zero attached hydrogens (tertiary/aromatic N) is 2. The zero-order valence-corrected chi connectivity index (χ0v) is 22.0. The molecule has 6 rings (SSSR count). The summed E-state index contributed by atoms with van der Waals surface area (Å²) >= 11 is 15.8. The Balaban J connectivity index is 1.36. The number of imide groups is 1. The van der Waals surface area contributed by atoms with Gasteiger partial charge in [0.1, 0.15) is 6.61 Å². The fourth-order valence-electron chi connectivity index (χ4n) is 5.15. The van der Waals surface area contributed by atoms with Crippen molar-refractivity contribution in [2.45, 2.75) is 26.4 Å². The van der Waals surface area contributed by atoms with Gasteiger partial charge in [0.2, 0.25) is 0 Å². The molecule has 4 aliphatic rings. The first-order valence-corrected chi connectivity index (χ1v) is 13.1. The molecular formula is C26H23BrCl2N2O4. The maximum Gasteiger partial charge on any atom is 0.254 e. The third-order valence-corrected chi connectivity index (χ3v) is 7.95. The lowest BCUT2D eigenvalue weighted by atomic mass is 9.63. The highest BCUT2D eigenvalue weighted by atomic mass is 79.9. The van der Waals surface area contributed by atoms with Crippen molar-refractivity contribution in [3.05, 3.63) is 68.1 Å². The number of amides is 2. The molecule has 1 aliphatic heterocycles. The van der Waals surface area contributed by atoms with Gasteiger partial charge in [-0.15, -0.1) is 0 Å². The number of allylic oxidation sites excluding steroid dienone is 2. The minimum Gasteiger partial charge on any atom is -0.490 e. The van der Waals surface area contributed by atoms with Gasteiger partial charge in [0, 0.05) is 15.6 Å². The number of hydrogen-bond donors (Lipinski definition) is 0. The van der Waals surface area contributed by atoms with Crippen LogP contribution in [0.1, 0.15) is 30.9 Å². The number of carbonyl (C=O) groups excluding carboxylic acids is 2. The zero-order valence-electron chi connectivity index (χ0n) is 18.9. The number of halogens is 3. The molecule has 0 radical (unpaired) electrons. The van der Waals surface area contributed by atoms with E-state index < -0.39 is 0 Å². The van der Waals surface area contributed by atoms with Crippen molar-refractivity contribution in [2.75, 3.05) is 6.61 Å². The molecule has 0 N–H and O–H groups in total. The lowest BCUT2D eigenvalue weighted by Crippen LogP contribution is -2.38. The molecule has 35 heavy (non-hydrogen) atoms. The molecule has 182 valence electrons. The van der Waals surface area contributed by atoms with Gasteiger partial charge in [0.15, 0.2) is 11.5 Å². The van der Waals surface area contributed by atoms with Gasteiger partial charge in [0.25, 0.3) is 11.8 Å². The number of ether oxygens (including phenoxy) is 2. The normalized spacial score (nSPS) is 25.0. The summed E-state index contributed by atoms with van der Waals surface area (Å²) in [4.78, 5) is 26.0. The Morgan fingerprint density at radius 2 is 1.74 bits per heavy atom. The summed E-state index contributed by atoms with van der Waals surface area (Å²) < 4.78 is 12.5. The molecule has 1 heterocycles. The second-order valence-corrected chi connectivity index (χ2v) is 10.6. The van der Waals surface area contributed by atoms with Gasteiger partial charge < -0.3 is 9.47 Å². The molecule has 9 heteroatoms. The second-order valence-electron chi connectivity index (χ2n) is 8.86. The molecule has 3 aliphatic carbocycles. The number of hydrazone groups is 1. The fourth-order valence-corrected chi connectivity index (χ4v) is 6.19. The average Bonchev–Trinajstić information content (AvgIpc) is 3.11. The summed E-state index contributed by atoms with van der Waals surface area (Å²) in [5.41, 5.74) is 1.45. The number of fused-ring (bicyclic) bond motifs is 1. The summed E-state index contributed by atoms with van der Waals surface area (Å²) in [6, 6.07) is 8.79. The summed E-state index contributed by atoms with van der Waals surface area (Å²) in [6.07, 6.45) is 7.60. The zero-order chi connectivity index (χ0) is 24.7. The molecule has 4 unspecified atom stereocenters. The van der Waals surface area contributed by atoms with E-state index in [1.165, 1.54) is 6.21 Å². The SMILES string of the molecule is CCOc1cc(C=NN2C(=O)C3C4C=CC(CC4)C3C2=O)cc(Br)c1OCc1ccc(Cl)cc1Cl. The molecule has 0 aromatic heterocycles. The van der Waals surface area contributed by atoms with E-state index in [-0.39, 0.29) is 42.1 Å². The van der Waals surface area contributed by atoms with Crippen molar-refractivity contribution < 1.29 is 19.1 Å². The molecule has 4 atom stereocenters. The highest BCUT2D eigenvalue weighted by Gasteiger charge is 2.56. The van der Waals surface area contributed by atoms with E-state index in [0.29, 0.717) is 38.2 Å². The van der Waals surface area contributed by atoms with E-state index in [4.69, 9.17) is 32.7 Å². The standard InChI is InChI=1S/C26H23BrCl2N2O4/c1-2-34-21-10-14(9-19(27)24(21)35-13-17-7-8-18(28)11-20(17)29)12-30-31-25(32)22-15-3-4-16(6-5-15)23(22)26(31)33/h3-4,7-12,15-16,22-23H,2,5-6,13H2,1H3. The Morgan fingerprint density at radius 1 is 1.06 bits per heavy atom. The smallest absolute Gasteiger partial charge is 0.254 e. The van der Waals surface area contributed by atoms with Gasteiger partial charge >= 0.3 is 0 Å². The molecule has 1 saturated heterocycles. The molecule has 2 amide bonds. The Hall–Kier alpha value is -2.35. The molecule has 2 bridgehead atoms. The van der Waals surface area contributed by atoms with Crippen LogP contribution < -0.4 is 9.47 Å². The van der Waals surface area contributed by atoms with Crippen molar-refractivity contribution >= 4 is 57.2 Å². The van der Waals surface area contributed by atoms with E-state index in [9.17, 15) is 9.59 Å². The van der Waals surface area contributed by atoms with Crippen molar-refractivity contribution in [1.82, 2.24) is 5.01 Å². The lowest BCUT2D eigenvalue weighted by Gasteiger charge is -2.37. The third-order valence-electron chi connectivity index (χ3n) is 6.78. The number of hydrogen-bond acceptors (Lipinski definition) is 5. The van der Waals surface area contributed by atoms with Crippen LogP contribution in [-0.2, 0) is 16.2 Å². The minimum absolute atomic E-state index is 0.130. The van der Waals surface area contributed by atoms with Gasteiger partial charge in [0.05, 0.1) is 29.1 Å². The Morgan fingerprint density at radius 3 is 2.34 bits per heavy atom. The largest absolute Gasteiger partial charge is 0.490 e. The van der Waals surface area contributed by atoms with E-state index in [0.717, 1.165) is 23.4 Å². The molecule has 2 fully saturated rings. The van der Waals surface area contributed by atoms with Gasteiger partial charge in [-0.2, -0.15) is 10.1 Å². The topological polar surface area (TPSA) is 68.2 Å². The van der Waals surface area contributed by atoms with Gasteiger partial charge in [-0.25, -0.2) is 0 Å². The molecule has 0 spiro atoms. The van der Waals surface area contributed by atoms with E-state index >= 15 is 0 Å². The van der Waals surface area contributed by atoms with Crippen LogP contribution in [0.4, 0.5) is 0 Å². The Kier molecular flexibility index (Phi) is 6.93. The first kappa shape index (κ1) is 24.3. The maximum absolute atomic E-state index is 13.0. The van der Waals surface area contributed by atoms with Crippen molar-refractivity contribution in [2.24, 2.45) is 28.8 Å². The summed E-state index contributed by atoms with van der Waals surface area (Å²) in [7, 11) is 0. The van der Waals surface area contributed by atoms with Gasteiger partial charge in [-0.1, -0.05) is 41.4 Å². The number of carbonyl (C=O) groups is 2. The first-order valence-electron chi connectivity index (χ1n) is 11.5. The van der Waals surface area contributed by atoms with Crippen molar-refractivity contribution in [3.8, 4) is 11.5 Å². The van der Waals surface area contributed by atoms with Crippen LogP contribution in [0.2, 0.25) is 10.0 Å². The average molecular weight is 578 g/mol. The van der Waals surface area contributed by atoms with E-state index in [1.807, 2.05) is 13.0 Å². The fraction of sp³-hybridized carbons (Fsp3) is 0.346. The van der Waals surface area contributed by atoms with Crippen LogP contribution in [0.5, 0.6) is 11.5 Å². The van der Waals surface area contributed by atoms with Crippen LogP contribution in [0.15, 0.2) is 52.1 Å². The van der Waals surface area contributed by atoms with Gasteiger partial charge in [-0.3, -0.25) is 9.59 Å². The summed E-state index contributed by atoms with van der Waals surface area (Å²) in [6.45, 7) is 2.52. The highest BCUT2D eigenvalue weighted by molar-refractivity contribution is 9.10. The first-order chi connectivity index (χ1) is 16.9. The predicted octanol–water partition coefficient (Wildman–Crippen LogP) is 6.26. The predicted molar refractivity (Wildman–Crippen MR) is 138 cm³/mol. The molecule has 2 aromatic carbocycles. The molecular weight excluding hydrogens is 555 g/mol. The van der Waals surface area contributed by atoms with Gasteiger partial charge in [-0.05, 0) is 77.4 Å². The van der Waals surface area contributed by atoms with Crippen LogP contribution >= 0.6 is 39.1 Å². The third kappa shape index (κ3) is 4.61. The van der Waals surface area contributed by atoms with E-state index in [1.54, 1.807) is 24.3 Å². The summed E-state index contributed by atoms with van der Waals surface area (Å²) in [5.74, 6) is 0.282. The Bertz CT molecular complexity index is 1220. The van der Waals surface area contributed by atoms with Crippen LogP contribution in [0.3, 0.4) is 0 Å². The molecule has 1 saturated carbocycles. The van der Waals surface area contributed by atoms with Crippen molar-refractivity contribution in [1.29, 1.82) is 0 Å². The van der Waals surface area contributed by atoms with Crippen LogP contribution in [0.25, 0.3) is 0 Å². The lowest BCUT2D eigenvalue weighted by molar-refractivity contribution is -0.140. The Labute approximate surface area is 222 Å². The number of rotatable bonds is 7.